The van der Waals surface area contributed by atoms with Crippen LogP contribution in [0.2, 0.25) is 0 Å². The second-order valence-electron chi connectivity index (χ2n) is 4.88. The molecule has 1 unspecified atom stereocenters. The zero-order chi connectivity index (χ0) is 11.5. The molecule has 0 radical (unpaired) electrons. The molecule has 1 aromatic rings. The molecule has 1 fully saturated rings. The van der Waals surface area contributed by atoms with Crippen LogP contribution in [0.1, 0.15) is 32.4 Å². The van der Waals surface area contributed by atoms with Gasteiger partial charge in [0.15, 0.2) is 0 Å². The van der Waals surface area contributed by atoms with E-state index in [-0.39, 0.29) is 0 Å². The first-order chi connectivity index (χ1) is 7.70. The van der Waals surface area contributed by atoms with E-state index in [2.05, 4.69) is 55.3 Å². The minimum atomic E-state index is 0.453. The van der Waals surface area contributed by atoms with Gasteiger partial charge in [0, 0.05) is 24.8 Å². The first kappa shape index (κ1) is 11.5. The van der Waals surface area contributed by atoms with E-state index < -0.39 is 0 Å². The Balaban J connectivity index is 1.99. The first-order valence-electron chi connectivity index (χ1n) is 6.29. The minimum Gasteiger partial charge on any atom is -0.371 e. The Morgan fingerprint density at radius 3 is 2.44 bits per heavy atom. The number of hydrogen-bond donors (Lipinski definition) is 1. The summed E-state index contributed by atoms with van der Waals surface area (Å²) in [6.07, 6.45) is 0. The van der Waals surface area contributed by atoms with Gasteiger partial charge < -0.3 is 10.2 Å². The van der Waals surface area contributed by atoms with Gasteiger partial charge in [-0.3, -0.25) is 0 Å². The van der Waals surface area contributed by atoms with Crippen molar-refractivity contribution >= 4 is 5.69 Å². The third-order valence-corrected chi connectivity index (χ3v) is 3.33. The normalized spacial score (nSPS) is 18.3. The van der Waals surface area contributed by atoms with Crippen LogP contribution in [0, 0.1) is 5.92 Å². The van der Waals surface area contributed by atoms with Gasteiger partial charge in [-0.15, -0.1) is 0 Å². The van der Waals surface area contributed by atoms with Crippen molar-refractivity contribution in [1.29, 1.82) is 0 Å². The SMILES string of the molecule is CCNC(C)c1ccc(N2CC(C)C2)cc1. The van der Waals surface area contributed by atoms with Gasteiger partial charge >= 0.3 is 0 Å². The fourth-order valence-corrected chi connectivity index (χ4v) is 2.31. The van der Waals surface area contributed by atoms with E-state index in [1.165, 1.54) is 24.3 Å². The lowest BCUT2D eigenvalue weighted by Crippen LogP contribution is -2.45. The molecule has 2 nitrogen and oxygen atoms in total. The van der Waals surface area contributed by atoms with Crippen LogP contribution in [0.3, 0.4) is 0 Å². The van der Waals surface area contributed by atoms with Crippen molar-refractivity contribution in [2.24, 2.45) is 5.92 Å². The van der Waals surface area contributed by atoms with Crippen LogP contribution in [0.15, 0.2) is 24.3 Å². The second kappa shape index (κ2) is 4.88. The monoisotopic (exact) mass is 218 g/mol. The van der Waals surface area contributed by atoms with Crippen LogP contribution in [-0.2, 0) is 0 Å². The molecule has 1 N–H and O–H groups in total. The summed E-state index contributed by atoms with van der Waals surface area (Å²) in [7, 11) is 0. The number of benzene rings is 1. The molecule has 1 aliphatic rings. The number of nitrogens with zero attached hydrogens (tertiary/aromatic N) is 1. The van der Waals surface area contributed by atoms with Crippen molar-refractivity contribution in [2.45, 2.75) is 26.8 Å². The Labute approximate surface area is 98.7 Å². The van der Waals surface area contributed by atoms with E-state index in [4.69, 9.17) is 0 Å². The lowest BCUT2D eigenvalue weighted by atomic mass is 10.0. The molecule has 0 aliphatic carbocycles. The number of nitrogens with one attached hydrogen (secondary N) is 1. The van der Waals surface area contributed by atoms with Crippen molar-refractivity contribution in [3.8, 4) is 0 Å². The van der Waals surface area contributed by atoms with Crippen LogP contribution >= 0.6 is 0 Å². The summed E-state index contributed by atoms with van der Waals surface area (Å²) in [5, 5.41) is 3.43. The standard InChI is InChI=1S/C14H22N2/c1-4-15-12(3)13-5-7-14(8-6-13)16-9-11(2)10-16/h5-8,11-12,15H,4,9-10H2,1-3H3. The summed E-state index contributed by atoms with van der Waals surface area (Å²) in [6, 6.07) is 9.43. The maximum Gasteiger partial charge on any atom is 0.0366 e. The molecule has 1 heterocycles. The topological polar surface area (TPSA) is 15.3 Å². The Hall–Kier alpha value is -1.02. The largest absolute Gasteiger partial charge is 0.371 e. The molecule has 1 aromatic carbocycles. The summed E-state index contributed by atoms with van der Waals surface area (Å²) in [6.45, 7) is 10.1. The molecule has 88 valence electrons. The number of rotatable bonds is 4. The average molecular weight is 218 g/mol. The highest BCUT2D eigenvalue weighted by molar-refractivity contribution is 5.50. The Morgan fingerprint density at radius 2 is 1.94 bits per heavy atom. The van der Waals surface area contributed by atoms with Gasteiger partial charge in [-0.05, 0) is 37.1 Å². The fourth-order valence-electron chi connectivity index (χ4n) is 2.31. The van der Waals surface area contributed by atoms with Gasteiger partial charge in [0.1, 0.15) is 0 Å². The summed E-state index contributed by atoms with van der Waals surface area (Å²) in [5.74, 6) is 0.861. The Bertz CT molecular complexity index is 301. The quantitative estimate of drug-likeness (QED) is 0.836. The molecule has 1 atom stereocenters. The van der Waals surface area contributed by atoms with E-state index in [0.717, 1.165) is 12.5 Å². The van der Waals surface area contributed by atoms with Gasteiger partial charge in [-0.1, -0.05) is 26.0 Å². The highest BCUT2D eigenvalue weighted by atomic mass is 15.2. The summed E-state index contributed by atoms with van der Waals surface area (Å²) in [5.41, 5.74) is 2.74. The van der Waals surface area contributed by atoms with Crippen LogP contribution in [-0.4, -0.2) is 19.6 Å². The van der Waals surface area contributed by atoms with Crippen molar-refractivity contribution < 1.29 is 0 Å². The van der Waals surface area contributed by atoms with E-state index in [1.807, 2.05) is 0 Å². The molecule has 2 rings (SSSR count). The van der Waals surface area contributed by atoms with Gasteiger partial charge in [-0.25, -0.2) is 0 Å². The van der Waals surface area contributed by atoms with Gasteiger partial charge in [0.05, 0.1) is 0 Å². The smallest absolute Gasteiger partial charge is 0.0366 e. The molecule has 0 aromatic heterocycles. The maximum atomic E-state index is 3.43. The van der Waals surface area contributed by atoms with Crippen LogP contribution < -0.4 is 10.2 Å². The summed E-state index contributed by atoms with van der Waals surface area (Å²) in [4.78, 5) is 2.44. The van der Waals surface area contributed by atoms with Crippen LogP contribution in [0.4, 0.5) is 5.69 Å². The molecular formula is C14H22N2. The van der Waals surface area contributed by atoms with Gasteiger partial charge in [0.2, 0.25) is 0 Å². The molecule has 0 amide bonds. The average Bonchev–Trinajstić information content (AvgIpc) is 2.25. The molecule has 1 aliphatic heterocycles. The van der Waals surface area contributed by atoms with E-state index >= 15 is 0 Å². The van der Waals surface area contributed by atoms with Crippen LogP contribution in [0.5, 0.6) is 0 Å². The van der Waals surface area contributed by atoms with Crippen molar-refractivity contribution in [1.82, 2.24) is 5.32 Å². The molecule has 2 heteroatoms. The number of hydrogen-bond acceptors (Lipinski definition) is 2. The highest BCUT2D eigenvalue weighted by Gasteiger charge is 2.22. The third-order valence-electron chi connectivity index (χ3n) is 3.33. The van der Waals surface area contributed by atoms with E-state index in [0.29, 0.717) is 6.04 Å². The predicted molar refractivity (Wildman–Crippen MR) is 69.9 cm³/mol. The van der Waals surface area contributed by atoms with Gasteiger partial charge in [-0.2, -0.15) is 0 Å². The molecule has 0 spiro atoms. The van der Waals surface area contributed by atoms with Crippen LogP contribution in [0.25, 0.3) is 0 Å². The summed E-state index contributed by atoms with van der Waals surface area (Å²) < 4.78 is 0. The minimum absolute atomic E-state index is 0.453. The highest BCUT2D eigenvalue weighted by Crippen LogP contribution is 2.25. The molecule has 1 saturated heterocycles. The zero-order valence-electron chi connectivity index (χ0n) is 10.5. The van der Waals surface area contributed by atoms with Crippen molar-refractivity contribution in [2.75, 3.05) is 24.5 Å². The Morgan fingerprint density at radius 1 is 1.31 bits per heavy atom. The van der Waals surface area contributed by atoms with Crippen molar-refractivity contribution in [3.63, 3.8) is 0 Å². The van der Waals surface area contributed by atoms with Gasteiger partial charge in [0.25, 0.3) is 0 Å². The fraction of sp³-hybridized carbons (Fsp3) is 0.571. The zero-order valence-corrected chi connectivity index (χ0v) is 10.5. The van der Waals surface area contributed by atoms with E-state index in [9.17, 15) is 0 Å². The molecular weight excluding hydrogens is 196 g/mol. The Kier molecular flexibility index (Phi) is 3.49. The molecule has 0 saturated carbocycles. The van der Waals surface area contributed by atoms with E-state index in [1.54, 1.807) is 0 Å². The first-order valence-corrected chi connectivity index (χ1v) is 6.29. The molecule has 16 heavy (non-hydrogen) atoms. The molecule has 0 bridgehead atoms. The number of anilines is 1. The second-order valence-corrected chi connectivity index (χ2v) is 4.88. The lowest BCUT2D eigenvalue weighted by molar-refractivity contribution is 0.447. The van der Waals surface area contributed by atoms with Crippen molar-refractivity contribution in [3.05, 3.63) is 29.8 Å². The third kappa shape index (κ3) is 2.38. The predicted octanol–water partition coefficient (Wildman–Crippen LogP) is 2.81. The maximum absolute atomic E-state index is 3.43. The lowest BCUT2D eigenvalue weighted by Gasteiger charge is -2.39. The summed E-state index contributed by atoms with van der Waals surface area (Å²) >= 11 is 0.